The standard InChI is InChI=1S/C12H16ClN7O/c1-8-15-11(21-18-8)7-19-2-4-20(5-3-19)10-6-9(13)16-12(14)17-10/h6H,2-5,7H2,1H3,(H2,14,16,17). The number of hydrogen-bond acceptors (Lipinski definition) is 8. The van der Waals surface area contributed by atoms with Crippen LogP contribution in [0.1, 0.15) is 11.7 Å². The van der Waals surface area contributed by atoms with Gasteiger partial charge >= 0.3 is 0 Å². The van der Waals surface area contributed by atoms with Gasteiger partial charge in [0, 0.05) is 32.2 Å². The molecule has 0 saturated carbocycles. The zero-order valence-corrected chi connectivity index (χ0v) is 12.4. The number of halogens is 1. The number of aromatic nitrogens is 4. The fourth-order valence-corrected chi connectivity index (χ4v) is 2.50. The van der Waals surface area contributed by atoms with Crippen molar-refractivity contribution in [3.63, 3.8) is 0 Å². The van der Waals surface area contributed by atoms with Gasteiger partial charge in [-0.3, -0.25) is 4.90 Å². The van der Waals surface area contributed by atoms with Crippen LogP contribution in [0.4, 0.5) is 11.8 Å². The lowest BCUT2D eigenvalue weighted by atomic mass is 10.3. The Bertz CT molecular complexity index is 604. The molecular weight excluding hydrogens is 294 g/mol. The molecule has 0 spiro atoms. The summed E-state index contributed by atoms with van der Waals surface area (Å²) in [6, 6.07) is 1.73. The Morgan fingerprint density at radius 1 is 1.24 bits per heavy atom. The van der Waals surface area contributed by atoms with Gasteiger partial charge in [0.25, 0.3) is 0 Å². The molecule has 2 aromatic rings. The summed E-state index contributed by atoms with van der Waals surface area (Å²) >= 11 is 5.91. The molecule has 1 aliphatic rings. The summed E-state index contributed by atoms with van der Waals surface area (Å²) in [7, 11) is 0. The van der Waals surface area contributed by atoms with Gasteiger partial charge in [0.15, 0.2) is 5.82 Å². The van der Waals surface area contributed by atoms with E-state index in [9.17, 15) is 0 Å². The van der Waals surface area contributed by atoms with E-state index in [-0.39, 0.29) is 5.95 Å². The summed E-state index contributed by atoms with van der Waals surface area (Å²) in [5, 5.41) is 4.16. The largest absolute Gasteiger partial charge is 0.368 e. The van der Waals surface area contributed by atoms with Crippen LogP contribution in [0, 0.1) is 6.92 Å². The molecule has 0 bridgehead atoms. The lowest BCUT2D eigenvalue weighted by molar-refractivity contribution is 0.215. The van der Waals surface area contributed by atoms with Crippen LogP contribution in [0.15, 0.2) is 10.6 Å². The average molecular weight is 310 g/mol. The summed E-state index contributed by atoms with van der Waals surface area (Å²) < 4.78 is 5.14. The number of piperazine rings is 1. The Labute approximate surface area is 126 Å². The van der Waals surface area contributed by atoms with Gasteiger partial charge in [-0.2, -0.15) is 9.97 Å². The third-order valence-corrected chi connectivity index (χ3v) is 3.52. The van der Waals surface area contributed by atoms with E-state index in [0.717, 1.165) is 32.0 Å². The molecule has 0 atom stereocenters. The topological polar surface area (TPSA) is 97.2 Å². The fourth-order valence-electron chi connectivity index (χ4n) is 2.32. The predicted molar refractivity (Wildman–Crippen MR) is 78.0 cm³/mol. The van der Waals surface area contributed by atoms with E-state index < -0.39 is 0 Å². The Morgan fingerprint density at radius 3 is 2.62 bits per heavy atom. The van der Waals surface area contributed by atoms with Crippen molar-refractivity contribution in [3.8, 4) is 0 Å². The highest BCUT2D eigenvalue weighted by molar-refractivity contribution is 6.29. The molecule has 21 heavy (non-hydrogen) atoms. The SMILES string of the molecule is Cc1noc(CN2CCN(c3cc(Cl)nc(N)n3)CC2)n1. The monoisotopic (exact) mass is 309 g/mol. The molecule has 8 nitrogen and oxygen atoms in total. The first kappa shape index (κ1) is 14.0. The van der Waals surface area contributed by atoms with Crippen LogP contribution < -0.4 is 10.6 Å². The molecule has 0 aromatic carbocycles. The molecule has 112 valence electrons. The number of aryl methyl sites for hydroxylation is 1. The number of hydrogen-bond donors (Lipinski definition) is 1. The first-order valence-corrected chi connectivity index (χ1v) is 7.04. The maximum absolute atomic E-state index is 5.91. The van der Waals surface area contributed by atoms with Crippen LogP contribution in [-0.2, 0) is 6.54 Å². The molecule has 2 N–H and O–H groups in total. The highest BCUT2D eigenvalue weighted by atomic mass is 35.5. The third-order valence-electron chi connectivity index (χ3n) is 3.32. The fraction of sp³-hybridized carbons (Fsp3) is 0.500. The van der Waals surface area contributed by atoms with Crippen LogP contribution >= 0.6 is 11.6 Å². The molecule has 2 aromatic heterocycles. The highest BCUT2D eigenvalue weighted by Crippen LogP contribution is 2.19. The van der Waals surface area contributed by atoms with Crippen molar-refractivity contribution < 1.29 is 4.52 Å². The molecule has 1 fully saturated rings. The van der Waals surface area contributed by atoms with Crippen molar-refractivity contribution in [2.24, 2.45) is 0 Å². The molecule has 0 radical (unpaired) electrons. The maximum atomic E-state index is 5.91. The third kappa shape index (κ3) is 3.40. The Balaban J connectivity index is 1.59. The number of rotatable bonds is 3. The van der Waals surface area contributed by atoms with E-state index in [1.165, 1.54) is 0 Å². The molecule has 3 heterocycles. The second-order valence-electron chi connectivity index (χ2n) is 4.91. The number of anilines is 2. The molecule has 3 rings (SSSR count). The Hall–Kier alpha value is -1.93. The number of nitrogen functional groups attached to an aromatic ring is 1. The van der Waals surface area contributed by atoms with Gasteiger partial charge in [0.2, 0.25) is 11.8 Å². The molecule has 0 amide bonds. The lowest BCUT2D eigenvalue weighted by Gasteiger charge is -2.34. The van der Waals surface area contributed by atoms with Crippen molar-refractivity contribution >= 4 is 23.4 Å². The van der Waals surface area contributed by atoms with E-state index in [2.05, 4.69) is 29.9 Å². The minimum atomic E-state index is 0.196. The van der Waals surface area contributed by atoms with Crippen LogP contribution in [-0.4, -0.2) is 51.2 Å². The van der Waals surface area contributed by atoms with Gasteiger partial charge in [0.05, 0.1) is 6.54 Å². The zero-order valence-electron chi connectivity index (χ0n) is 11.7. The van der Waals surface area contributed by atoms with E-state index >= 15 is 0 Å². The summed E-state index contributed by atoms with van der Waals surface area (Å²) in [5.74, 6) is 2.27. The van der Waals surface area contributed by atoms with Crippen LogP contribution in [0.5, 0.6) is 0 Å². The normalized spacial score (nSPS) is 16.4. The Kier molecular flexibility index (Phi) is 3.89. The average Bonchev–Trinajstić information content (AvgIpc) is 2.84. The molecule has 9 heteroatoms. The number of nitrogens with two attached hydrogens (primary N) is 1. The van der Waals surface area contributed by atoms with Crippen molar-refractivity contribution in [1.82, 2.24) is 25.0 Å². The van der Waals surface area contributed by atoms with E-state index in [1.54, 1.807) is 6.07 Å². The Morgan fingerprint density at radius 2 is 2.00 bits per heavy atom. The van der Waals surface area contributed by atoms with Crippen molar-refractivity contribution in [2.75, 3.05) is 36.8 Å². The first-order chi connectivity index (χ1) is 10.1. The van der Waals surface area contributed by atoms with E-state index in [0.29, 0.717) is 23.4 Å². The second kappa shape index (κ2) is 5.82. The van der Waals surface area contributed by atoms with Gasteiger partial charge in [-0.1, -0.05) is 16.8 Å². The minimum Gasteiger partial charge on any atom is -0.368 e. The molecule has 0 aliphatic carbocycles. The predicted octanol–water partition coefficient (Wildman–Crippen LogP) is 0.726. The smallest absolute Gasteiger partial charge is 0.240 e. The minimum absolute atomic E-state index is 0.196. The highest BCUT2D eigenvalue weighted by Gasteiger charge is 2.20. The van der Waals surface area contributed by atoms with Gasteiger partial charge in [-0.25, -0.2) is 4.98 Å². The number of nitrogens with zero attached hydrogens (tertiary/aromatic N) is 6. The molecule has 1 aliphatic heterocycles. The van der Waals surface area contributed by atoms with Crippen LogP contribution in [0.3, 0.4) is 0 Å². The van der Waals surface area contributed by atoms with Crippen molar-refractivity contribution in [1.29, 1.82) is 0 Å². The summed E-state index contributed by atoms with van der Waals surface area (Å²) in [6.45, 7) is 5.90. The van der Waals surface area contributed by atoms with Gasteiger partial charge < -0.3 is 15.2 Å². The quantitative estimate of drug-likeness (QED) is 0.829. The van der Waals surface area contributed by atoms with Crippen LogP contribution in [0.2, 0.25) is 5.15 Å². The first-order valence-electron chi connectivity index (χ1n) is 6.67. The molecular formula is C12H16ClN7O. The van der Waals surface area contributed by atoms with E-state index in [4.69, 9.17) is 21.9 Å². The lowest BCUT2D eigenvalue weighted by Crippen LogP contribution is -2.46. The van der Waals surface area contributed by atoms with E-state index in [1.807, 2.05) is 6.92 Å². The molecule has 1 saturated heterocycles. The van der Waals surface area contributed by atoms with Gasteiger partial charge in [-0.05, 0) is 6.92 Å². The summed E-state index contributed by atoms with van der Waals surface area (Å²) in [6.07, 6.45) is 0. The van der Waals surface area contributed by atoms with Crippen molar-refractivity contribution in [2.45, 2.75) is 13.5 Å². The van der Waals surface area contributed by atoms with Crippen LogP contribution in [0.25, 0.3) is 0 Å². The second-order valence-corrected chi connectivity index (χ2v) is 5.29. The summed E-state index contributed by atoms with van der Waals surface area (Å²) in [5.41, 5.74) is 5.63. The van der Waals surface area contributed by atoms with Gasteiger partial charge in [0.1, 0.15) is 11.0 Å². The summed E-state index contributed by atoms with van der Waals surface area (Å²) in [4.78, 5) is 16.7. The maximum Gasteiger partial charge on any atom is 0.240 e. The van der Waals surface area contributed by atoms with Gasteiger partial charge in [-0.15, -0.1) is 0 Å². The zero-order chi connectivity index (χ0) is 14.8. The molecule has 0 unspecified atom stereocenters. The van der Waals surface area contributed by atoms with Crippen molar-refractivity contribution in [3.05, 3.63) is 22.9 Å².